The zero-order valence-corrected chi connectivity index (χ0v) is 19.5. The monoisotopic (exact) mass is 487 g/mol. The second kappa shape index (κ2) is 9.39. The van der Waals surface area contributed by atoms with Gasteiger partial charge in [-0.15, -0.1) is 0 Å². The molecule has 0 aromatic heterocycles. The molecule has 3 aromatic carbocycles. The Balaban J connectivity index is 1.28. The molecule has 2 aliphatic heterocycles. The van der Waals surface area contributed by atoms with E-state index >= 15 is 0 Å². The fourth-order valence-electron chi connectivity index (χ4n) is 4.63. The van der Waals surface area contributed by atoms with Gasteiger partial charge in [0.2, 0.25) is 0 Å². The van der Waals surface area contributed by atoms with Gasteiger partial charge in [0, 0.05) is 23.1 Å². The maximum absolute atomic E-state index is 13.4. The van der Waals surface area contributed by atoms with E-state index in [1.54, 1.807) is 0 Å². The quantitative estimate of drug-likeness (QED) is 0.453. The molecule has 2 heterocycles. The average Bonchev–Trinajstić information content (AvgIpc) is 3.08. The van der Waals surface area contributed by atoms with Crippen LogP contribution >= 0.6 is 15.9 Å². The van der Waals surface area contributed by atoms with E-state index in [4.69, 9.17) is 4.99 Å². The summed E-state index contributed by atoms with van der Waals surface area (Å²) >= 11 is 3.45. The number of carbonyl (C=O) groups is 1. The van der Waals surface area contributed by atoms with Crippen LogP contribution in [0.2, 0.25) is 0 Å². The third kappa shape index (κ3) is 4.54. The topological polar surface area (TPSA) is 35.9 Å². The second-order valence-electron chi connectivity index (χ2n) is 8.58. The number of piperidine rings is 1. The minimum atomic E-state index is -0.0134. The zero-order valence-electron chi connectivity index (χ0n) is 18.0. The smallest absolute Gasteiger partial charge is 0.278 e. The Morgan fingerprint density at radius 2 is 1.56 bits per heavy atom. The van der Waals surface area contributed by atoms with Crippen molar-refractivity contribution in [1.29, 1.82) is 0 Å². The Morgan fingerprint density at radius 3 is 2.31 bits per heavy atom. The van der Waals surface area contributed by atoms with E-state index in [1.165, 1.54) is 18.4 Å². The molecule has 32 heavy (non-hydrogen) atoms. The Labute approximate surface area is 197 Å². The van der Waals surface area contributed by atoms with Gasteiger partial charge in [-0.2, -0.15) is 0 Å². The molecule has 162 valence electrons. The molecule has 3 aromatic rings. The standard InChI is InChI=1S/C27H26BrN3O/c28-22-10-12-23(13-11-22)29-26-24-8-4-5-9-25(24)31(27(26)32)19-30-16-14-21(15-17-30)18-20-6-2-1-3-7-20/h1-13,21H,14-19H2. The minimum Gasteiger partial charge on any atom is -0.293 e. The van der Waals surface area contributed by atoms with Crippen molar-refractivity contribution >= 4 is 38.9 Å². The molecule has 5 heteroatoms. The van der Waals surface area contributed by atoms with E-state index < -0.39 is 0 Å². The molecule has 1 saturated heterocycles. The molecule has 2 aliphatic rings. The summed E-state index contributed by atoms with van der Waals surface area (Å²) in [6, 6.07) is 26.5. The molecular weight excluding hydrogens is 462 g/mol. The molecule has 0 unspecified atom stereocenters. The first-order valence-corrected chi connectivity index (χ1v) is 12.0. The van der Waals surface area contributed by atoms with Gasteiger partial charge in [-0.1, -0.05) is 64.5 Å². The summed E-state index contributed by atoms with van der Waals surface area (Å²) in [4.78, 5) is 22.4. The molecule has 1 fully saturated rings. The van der Waals surface area contributed by atoms with Crippen LogP contribution in [0.25, 0.3) is 0 Å². The first kappa shape index (κ1) is 21.1. The van der Waals surface area contributed by atoms with E-state index in [1.807, 2.05) is 53.4 Å². The van der Waals surface area contributed by atoms with Crippen molar-refractivity contribution in [2.45, 2.75) is 19.3 Å². The molecule has 0 atom stereocenters. The Kier molecular flexibility index (Phi) is 6.19. The summed E-state index contributed by atoms with van der Waals surface area (Å²) in [6.45, 7) is 2.65. The Bertz CT molecular complexity index is 1120. The number of para-hydroxylation sites is 1. The van der Waals surface area contributed by atoms with Crippen molar-refractivity contribution in [3.05, 3.63) is 94.5 Å². The van der Waals surface area contributed by atoms with E-state index in [0.29, 0.717) is 18.3 Å². The molecule has 5 rings (SSSR count). The van der Waals surface area contributed by atoms with Crippen molar-refractivity contribution in [2.75, 3.05) is 24.7 Å². The van der Waals surface area contributed by atoms with E-state index in [2.05, 4.69) is 51.2 Å². The van der Waals surface area contributed by atoms with Crippen LogP contribution in [-0.2, 0) is 11.2 Å². The highest BCUT2D eigenvalue weighted by molar-refractivity contribution is 9.10. The SMILES string of the molecule is O=C1C(=Nc2ccc(Br)cc2)c2ccccc2N1CN1CCC(Cc2ccccc2)CC1. The molecule has 0 bridgehead atoms. The molecule has 0 spiro atoms. The normalized spacial score (nSPS) is 18.3. The maximum Gasteiger partial charge on any atom is 0.278 e. The summed E-state index contributed by atoms with van der Waals surface area (Å²) in [5, 5.41) is 0. The molecule has 0 aliphatic carbocycles. The highest BCUT2D eigenvalue weighted by Gasteiger charge is 2.35. The van der Waals surface area contributed by atoms with Gasteiger partial charge in [-0.3, -0.25) is 14.6 Å². The highest BCUT2D eigenvalue weighted by atomic mass is 79.9. The zero-order chi connectivity index (χ0) is 21.9. The van der Waals surface area contributed by atoms with E-state index in [0.717, 1.165) is 40.9 Å². The minimum absolute atomic E-state index is 0.0134. The summed E-state index contributed by atoms with van der Waals surface area (Å²) < 4.78 is 0.997. The number of amides is 1. The van der Waals surface area contributed by atoms with Crippen LogP contribution in [0.15, 0.2) is 88.3 Å². The number of fused-ring (bicyclic) bond motifs is 1. The number of hydrogen-bond donors (Lipinski definition) is 0. The van der Waals surface area contributed by atoms with Gasteiger partial charge < -0.3 is 0 Å². The Hall–Kier alpha value is -2.76. The summed E-state index contributed by atoms with van der Waals surface area (Å²) in [7, 11) is 0. The van der Waals surface area contributed by atoms with Crippen molar-refractivity contribution in [2.24, 2.45) is 10.9 Å². The van der Waals surface area contributed by atoms with Crippen LogP contribution in [0.3, 0.4) is 0 Å². The lowest BCUT2D eigenvalue weighted by atomic mass is 9.90. The van der Waals surface area contributed by atoms with Gasteiger partial charge in [-0.25, -0.2) is 4.99 Å². The van der Waals surface area contributed by atoms with E-state index in [9.17, 15) is 4.79 Å². The molecule has 1 amide bonds. The number of benzene rings is 3. The van der Waals surface area contributed by atoms with Crippen molar-refractivity contribution in [3.63, 3.8) is 0 Å². The largest absolute Gasteiger partial charge is 0.293 e. The summed E-state index contributed by atoms with van der Waals surface area (Å²) in [6.07, 6.45) is 3.47. The lowest BCUT2D eigenvalue weighted by Gasteiger charge is -2.34. The number of anilines is 1. The average molecular weight is 488 g/mol. The van der Waals surface area contributed by atoms with Gasteiger partial charge in [0.25, 0.3) is 5.91 Å². The molecule has 0 radical (unpaired) electrons. The van der Waals surface area contributed by atoms with Gasteiger partial charge in [-0.05, 0) is 61.1 Å². The third-order valence-electron chi connectivity index (χ3n) is 6.38. The van der Waals surface area contributed by atoms with Crippen molar-refractivity contribution in [1.82, 2.24) is 4.90 Å². The van der Waals surface area contributed by atoms with Gasteiger partial charge in [0.1, 0.15) is 5.71 Å². The number of nitrogens with zero attached hydrogens (tertiary/aromatic N) is 3. The predicted molar refractivity (Wildman–Crippen MR) is 134 cm³/mol. The second-order valence-corrected chi connectivity index (χ2v) is 9.50. The van der Waals surface area contributed by atoms with Crippen molar-refractivity contribution < 1.29 is 4.79 Å². The summed E-state index contributed by atoms with van der Waals surface area (Å²) in [5.74, 6) is 0.699. The number of hydrogen-bond acceptors (Lipinski definition) is 3. The summed E-state index contributed by atoms with van der Waals surface area (Å²) in [5.41, 5.74) is 4.61. The van der Waals surface area contributed by atoms with Crippen LogP contribution in [0.4, 0.5) is 11.4 Å². The maximum atomic E-state index is 13.4. The lowest BCUT2D eigenvalue weighted by Crippen LogP contribution is -2.44. The van der Waals surface area contributed by atoms with Crippen LogP contribution in [0.5, 0.6) is 0 Å². The lowest BCUT2D eigenvalue weighted by molar-refractivity contribution is -0.112. The molecular formula is C27H26BrN3O. The van der Waals surface area contributed by atoms with Crippen LogP contribution in [0, 0.1) is 5.92 Å². The van der Waals surface area contributed by atoms with E-state index in [-0.39, 0.29) is 5.91 Å². The highest BCUT2D eigenvalue weighted by Crippen LogP contribution is 2.32. The number of carbonyl (C=O) groups excluding carboxylic acids is 1. The van der Waals surface area contributed by atoms with Crippen LogP contribution in [0.1, 0.15) is 24.0 Å². The van der Waals surface area contributed by atoms with Gasteiger partial charge >= 0.3 is 0 Å². The first-order valence-electron chi connectivity index (χ1n) is 11.2. The predicted octanol–water partition coefficient (Wildman–Crippen LogP) is 5.83. The number of rotatable bonds is 5. The first-order chi connectivity index (χ1) is 15.7. The van der Waals surface area contributed by atoms with Gasteiger partial charge in [0.15, 0.2) is 0 Å². The fraction of sp³-hybridized carbons (Fsp3) is 0.259. The molecule has 4 nitrogen and oxygen atoms in total. The molecule has 0 saturated carbocycles. The Morgan fingerprint density at radius 1 is 0.875 bits per heavy atom. The number of aliphatic imine (C=N–C) groups is 1. The number of halogens is 1. The van der Waals surface area contributed by atoms with Crippen LogP contribution in [-0.4, -0.2) is 36.3 Å². The van der Waals surface area contributed by atoms with Gasteiger partial charge in [0.05, 0.1) is 18.0 Å². The third-order valence-corrected chi connectivity index (χ3v) is 6.91. The van der Waals surface area contributed by atoms with Crippen LogP contribution < -0.4 is 4.90 Å². The van der Waals surface area contributed by atoms with Crippen molar-refractivity contribution in [3.8, 4) is 0 Å². The molecule has 0 N–H and O–H groups in total. The number of likely N-dealkylation sites (tertiary alicyclic amines) is 1. The fourth-order valence-corrected chi connectivity index (χ4v) is 4.90.